The molecule has 0 spiro atoms. The maximum atomic E-state index is 12.4. The lowest BCUT2D eigenvalue weighted by molar-refractivity contribution is 0.102. The van der Waals surface area contributed by atoms with Gasteiger partial charge in [0.1, 0.15) is 5.82 Å². The van der Waals surface area contributed by atoms with Crippen molar-refractivity contribution in [3.63, 3.8) is 0 Å². The van der Waals surface area contributed by atoms with E-state index in [0.717, 1.165) is 11.1 Å². The van der Waals surface area contributed by atoms with Crippen LogP contribution in [0.25, 0.3) is 22.8 Å². The summed E-state index contributed by atoms with van der Waals surface area (Å²) in [6.45, 7) is 0. The first-order chi connectivity index (χ1) is 12.7. The summed E-state index contributed by atoms with van der Waals surface area (Å²) in [6, 6.07) is 14.0. The fraction of sp³-hybridized carbons (Fsp3) is 0. The van der Waals surface area contributed by atoms with Crippen molar-refractivity contribution in [2.75, 3.05) is 11.1 Å². The van der Waals surface area contributed by atoms with E-state index in [9.17, 15) is 4.79 Å². The van der Waals surface area contributed by atoms with E-state index in [-0.39, 0.29) is 17.8 Å². The Labute approximate surface area is 147 Å². The Morgan fingerprint density at radius 3 is 2.73 bits per heavy atom. The molecular weight excluding hydrogens is 334 g/mol. The average molecular weight is 347 g/mol. The number of carbonyl (C=O) groups excluding carboxylic acids is 1. The molecule has 4 aromatic rings. The van der Waals surface area contributed by atoms with Crippen LogP contribution in [0.2, 0.25) is 0 Å². The number of hydrogen-bond donors (Lipinski definition) is 2. The van der Waals surface area contributed by atoms with Crippen LogP contribution in [0.3, 0.4) is 0 Å². The molecule has 3 heterocycles. The van der Waals surface area contributed by atoms with Crippen molar-refractivity contribution < 1.29 is 13.6 Å². The zero-order valence-corrected chi connectivity index (χ0v) is 13.4. The molecule has 0 atom stereocenters. The summed E-state index contributed by atoms with van der Waals surface area (Å²) >= 11 is 0. The van der Waals surface area contributed by atoms with Crippen LogP contribution in [-0.4, -0.2) is 21.1 Å². The van der Waals surface area contributed by atoms with Crippen LogP contribution in [0, 0.1) is 0 Å². The largest absolute Gasteiger partial charge is 0.459 e. The molecule has 0 fully saturated rings. The van der Waals surface area contributed by atoms with Gasteiger partial charge in [0.25, 0.3) is 11.8 Å². The van der Waals surface area contributed by atoms with Gasteiger partial charge in [-0.2, -0.15) is 0 Å². The van der Waals surface area contributed by atoms with Gasteiger partial charge in [0.05, 0.1) is 6.26 Å². The molecule has 0 aliphatic carbocycles. The fourth-order valence-electron chi connectivity index (χ4n) is 2.36. The fourth-order valence-corrected chi connectivity index (χ4v) is 2.36. The highest BCUT2D eigenvalue weighted by atomic mass is 16.4. The van der Waals surface area contributed by atoms with Gasteiger partial charge < -0.3 is 14.6 Å². The lowest BCUT2D eigenvalue weighted by atomic mass is 10.0. The summed E-state index contributed by atoms with van der Waals surface area (Å²) in [5, 5.41) is 10.2. The highest BCUT2D eigenvalue weighted by molar-refractivity contribution is 6.03. The first-order valence-electron chi connectivity index (χ1n) is 7.70. The minimum Gasteiger partial charge on any atom is -0.459 e. The van der Waals surface area contributed by atoms with Crippen molar-refractivity contribution >= 4 is 17.7 Å². The Morgan fingerprint density at radius 1 is 1.04 bits per heavy atom. The summed E-state index contributed by atoms with van der Waals surface area (Å²) in [7, 11) is 0. The number of furan rings is 1. The second-order valence-corrected chi connectivity index (χ2v) is 5.40. The molecule has 0 aliphatic heterocycles. The number of anilines is 2. The molecule has 3 N–H and O–H groups in total. The van der Waals surface area contributed by atoms with Crippen LogP contribution < -0.4 is 11.1 Å². The quantitative estimate of drug-likeness (QED) is 0.581. The van der Waals surface area contributed by atoms with Gasteiger partial charge in [-0.15, -0.1) is 5.10 Å². The molecule has 3 aromatic heterocycles. The van der Waals surface area contributed by atoms with Gasteiger partial charge in [0.2, 0.25) is 0 Å². The van der Waals surface area contributed by atoms with Crippen LogP contribution in [0.5, 0.6) is 0 Å². The van der Waals surface area contributed by atoms with Crippen molar-refractivity contribution in [3.8, 4) is 22.8 Å². The van der Waals surface area contributed by atoms with E-state index in [0.29, 0.717) is 17.1 Å². The number of carbonyl (C=O) groups is 1. The number of aromatic nitrogens is 3. The number of nitrogens with two attached hydrogens (primary N) is 1. The van der Waals surface area contributed by atoms with Crippen LogP contribution in [0.15, 0.2) is 69.8 Å². The number of hydrogen-bond acceptors (Lipinski definition) is 7. The van der Waals surface area contributed by atoms with Gasteiger partial charge in [-0.1, -0.05) is 17.2 Å². The molecule has 0 unspecified atom stereocenters. The Balaban J connectivity index is 1.53. The van der Waals surface area contributed by atoms with Gasteiger partial charge >= 0.3 is 6.01 Å². The maximum absolute atomic E-state index is 12.4. The first kappa shape index (κ1) is 15.6. The van der Waals surface area contributed by atoms with E-state index in [2.05, 4.69) is 20.5 Å². The summed E-state index contributed by atoms with van der Waals surface area (Å²) in [5.41, 5.74) is 7.74. The molecular formula is C18H13N5O3. The predicted molar refractivity (Wildman–Crippen MR) is 94.0 cm³/mol. The molecule has 0 saturated heterocycles. The molecule has 1 aromatic carbocycles. The SMILES string of the molecule is Nc1ccc(-c2cccc(C(=O)Nc3nnc(-c4ccco4)o3)c2)cn1. The Morgan fingerprint density at radius 2 is 1.96 bits per heavy atom. The minimum atomic E-state index is -0.370. The number of nitrogen functional groups attached to an aromatic ring is 1. The average Bonchev–Trinajstić information content (AvgIpc) is 3.34. The topological polar surface area (TPSA) is 120 Å². The number of amides is 1. The zero-order valence-electron chi connectivity index (χ0n) is 13.4. The Kier molecular flexibility index (Phi) is 3.91. The number of benzene rings is 1. The maximum Gasteiger partial charge on any atom is 0.322 e. The zero-order chi connectivity index (χ0) is 17.9. The molecule has 0 aliphatic rings. The van der Waals surface area contributed by atoms with E-state index >= 15 is 0 Å². The Hall–Kier alpha value is -3.94. The normalized spacial score (nSPS) is 10.6. The third-order valence-electron chi connectivity index (χ3n) is 3.62. The van der Waals surface area contributed by atoms with Crippen molar-refractivity contribution in [1.29, 1.82) is 0 Å². The van der Waals surface area contributed by atoms with Gasteiger partial charge in [-0.3, -0.25) is 10.1 Å². The van der Waals surface area contributed by atoms with Crippen molar-refractivity contribution in [2.24, 2.45) is 0 Å². The molecule has 8 nitrogen and oxygen atoms in total. The molecule has 0 saturated carbocycles. The van der Waals surface area contributed by atoms with Crippen LogP contribution in [-0.2, 0) is 0 Å². The summed E-state index contributed by atoms with van der Waals surface area (Å²) in [6.07, 6.45) is 3.15. The number of nitrogens with zero attached hydrogens (tertiary/aromatic N) is 3. The lowest BCUT2D eigenvalue weighted by Gasteiger charge is -2.05. The minimum absolute atomic E-state index is 0.0130. The smallest absolute Gasteiger partial charge is 0.322 e. The molecule has 8 heteroatoms. The van der Waals surface area contributed by atoms with Crippen LogP contribution in [0.1, 0.15) is 10.4 Å². The van der Waals surface area contributed by atoms with Crippen molar-refractivity contribution in [3.05, 3.63) is 66.6 Å². The third-order valence-corrected chi connectivity index (χ3v) is 3.62. The van der Waals surface area contributed by atoms with Gasteiger partial charge in [0, 0.05) is 17.3 Å². The van der Waals surface area contributed by atoms with Crippen LogP contribution >= 0.6 is 0 Å². The highest BCUT2D eigenvalue weighted by Gasteiger charge is 2.14. The van der Waals surface area contributed by atoms with E-state index in [1.165, 1.54) is 6.26 Å². The third kappa shape index (κ3) is 3.16. The molecule has 1 amide bonds. The van der Waals surface area contributed by atoms with Crippen LogP contribution in [0.4, 0.5) is 11.8 Å². The summed E-state index contributed by atoms with van der Waals surface area (Å²) in [4.78, 5) is 16.5. The van der Waals surface area contributed by atoms with Gasteiger partial charge in [0.15, 0.2) is 5.76 Å². The summed E-state index contributed by atoms with van der Waals surface area (Å²) < 4.78 is 10.5. The number of pyridine rings is 1. The lowest BCUT2D eigenvalue weighted by Crippen LogP contribution is -2.12. The molecule has 4 rings (SSSR count). The standard InChI is InChI=1S/C18H13N5O3/c19-15-7-6-13(10-20-15)11-3-1-4-12(9-11)16(24)21-18-23-22-17(26-18)14-5-2-8-25-14/h1-10H,(H2,19,20)(H,21,23,24). The van der Waals surface area contributed by atoms with Crippen molar-refractivity contribution in [2.45, 2.75) is 0 Å². The van der Waals surface area contributed by atoms with Crippen molar-refractivity contribution in [1.82, 2.24) is 15.2 Å². The number of rotatable bonds is 4. The van der Waals surface area contributed by atoms with E-state index in [4.69, 9.17) is 14.6 Å². The van der Waals surface area contributed by atoms with Gasteiger partial charge in [-0.05, 0) is 42.0 Å². The van der Waals surface area contributed by atoms with E-state index < -0.39 is 0 Å². The molecule has 0 radical (unpaired) electrons. The first-order valence-corrected chi connectivity index (χ1v) is 7.70. The highest BCUT2D eigenvalue weighted by Crippen LogP contribution is 2.22. The van der Waals surface area contributed by atoms with Gasteiger partial charge in [-0.25, -0.2) is 4.98 Å². The monoisotopic (exact) mass is 347 g/mol. The molecule has 26 heavy (non-hydrogen) atoms. The second kappa shape index (κ2) is 6.52. The Bertz CT molecular complexity index is 1040. The van der Waals surface area contributed by atoms with E-state index in [1.54, 1.807) is 42.6 Å². The molecule has 0 bridgehead atoms. The molecule has 128 valence electrons. The van der Waals surface area contributed by atoms with E-state index in [1.807, 2.05) is 12.1 Å². The summed E-state index contributed by atoms with van der Waals surface area (Å²) in [5.74, 6) is 0.680. The number of nitrogens with one attached hydrogen (secondary N) is 1. The second-order valence-electron chi connectivity index (χ2n) is 5.40. The predicted octanol–water partition coefficient (Wildman–Crippen LogP) is 3.23.